The van der Waals surface area contributed by atoms with E-state index in [2.05, 4.69) is 24.8 Å². The van der Waals surface area contributed by atoms with Gasteiger partial charge in [-0.1, -0.05) is 0 Å². The molecule has 2 atom stereocenters. The first-order valence-electron chi connectivity index (χ1n) is 8.40. The Morgan fingerprint density at radius 2 is 2.19 bits per heavy atom. The lowest BCUT2D eigenvalue weighted by atomic mass is 10.2. The average Bonchev–Trinajstić information content (AvgIpc) is 3.27. The van der Waals surface area contributed by atoms with Crippen LogP contribution in [0.5, 0.6) is 0 Å². The number of imidazole rings is 1. The van der Waals surface area contributed by atoms with Gasteiger partial charge in [-0.15, -0.1) is 0 Å². The predicted octanol–water partition coefficient (Wildman–Crippen LogP) is 1.86. The summed E-state index contributed by atoms with van der Waals surface area (Å²) in [6, 6.07) is 1.88. The molecule has 1 fully saturated rings. The first kappa shape index (κ1) is 17.0. The third kappa shape index (κ3) is 3.31. The minimum absolute atomic E-state index is 0.336. The highest BCUT2D eigenvalue weighted by molar-refractivity contribution is 7.84. The van der Waals surface area contributed by atoms with Crippen molar-refractivity contribution in [3.8, 4) is 11.5 Å². The van der Waals surface area contributed by atoms with E-state index >= 15 is 0 Å². The summed E-state index contributed by atoms with van der Waals surface area (Å²) in [5.41, 5.74) is 1.66. The van der Waals surface area contributed by atoms with Crippen molar-refractivity contribution < 1.29 is 8.60 Å². The van der Waals surface area contributed by atoms with E-state index in [0.717, 1.165) is 31.1 Å². The van der Waals surface area contributed by atoms with E-state index in [9.17, 15) is 8.60 Å². The summed E-state index contributed by atoms with van der Waals surface area (Å²) >= 11 is 0. The molecule has 0 bridgehead atoms. The number of hydrogen-bond donors (Lipinski definition) is 0. The third-order valence-electron chi connectivity index (χ3n) is 4.54. The summed E-state index contributed by atoms with van der Waals surface area (Å²) in [7, 11) is -0.782. The Morgan fingerprint density at radius 1 is 1.31 bits per heavy atom. The van der Waals surface area contributed by atoms with Crippen molar-refractivity contribution in [2.24, 2.45) is 5.92 Å². The van der Waals surface area contributed by atoms with E-state index in [0.29, 0.717) is 28.8 Å². The van der Waals surface area contributed by atoms with Crippen molar-refractivity contribution in [3.63, 3.8) is 0 Å². The van der Waals surface area contributed by atoms with Crippen LogP contribution in [-0.2, 0) is 17.5 Å². The highest BCUT2D eigenvalue weighted by Crippen LogP contribution is 2.25. The first-order valence-corrected chi connectivity index (χ1v) is 10.1. The van der Waals surface area contributed by atoms with E-state index in [4.69, 9.17) is 0 Å². The van der Waals surface area contributed by atoms with Gasteiger partial charge in [-0.3, -0.25) is 13.6 Å². The van der Waals surface area contributed by atoms with Crippen LogP contribution in [0.1, 0.15) is 12.1 Å². The Bertz CT molecular complexity index is 961. The summed E-state index contributed by atoms with van der Waals surface area (Å²) in [5, 5.41) is 0. The van der Waals surface area contributed by atoms with Crippen molar-refractivity contribution in [1.29, 1.82) is 0 Å². The van der Waals surface area contributed by atoms with Crippen molar-refractivity contribution in [1.82, 2.24) is 24.3 Å². The molecule has 136 valence electrons. The lowest BCUT2D eigenvalue weighted by molar-refractivity contribution is 0.474. The monoisotopic (exact) mass is 374 g/mol. The van der Waals surface area contributed by atoms with Crippen LogP contribution >= 0.6 is 0 Å². The molecule has 1 aliphatic rings. The molecule has 2 unspecified atom stereocenters. The highest BCUT2D eigenvalue weighted by atomic mass is 32.2. The molecule has 3 aromatic rings. The zero-order chi connectivity index (χ0) is 18.1. The average molecular weight is 374 g/mol. The number of halogens is 1. The van der Waals surface area contributed by atoms with Crippen molar-refractivity contribution in [3.05, 3.63) is 36.5 Å². The number of aromatic nitrogens is 5. The van der Waals surface area contributed by atoms with Gasteiger partial charge in [0.05, 0.1) is 18.1 Å². The number of alkyl halides is 1. The second kappa shape index (κ2) is 7.06. The van der Waals surface area contributed by atoms with Crippen LogP contribution in [0.2, 0.25) is 0 Å². The number of nitrogens with zero attached hydrogens (tertiary/aromatic N) is 6. The molecule has 1 aliphatic heterocycles. The molecular formula is C17H19FN6OS. The molecule has 26 heavy (non-hydrogen) atoms. The number of fused-ring (bicyclic) bond motifs is 1. The maximum atomic E-state index is 12.9. The molecular weight excluding hydrogens is 355 g/mol. The van der Waals surface area contributed by atoms with Crippen LogP contribution in [0.3, 0.4) is 0 Å². The highest BCUT2D eigenvalue weighted by Gasteiger charge is 2.24. The van der Waals surface area contributed by atoms with Crippen LogP contribution in [0, 0.1) is 5.92 Å². The van der Waals surface area contributed by atoms with Crippen molar-refractivity contribution in [2.75, 3.05) is 30.0 Å². The second-order valence-electron chi connectivity index (χ2n) is 6.46. The molecule has 1 saturated heterocycles. The van der Waals surface area contributed by atoms with E-state index < -0.39 is 17.5 Å². The molecule has 0 spiro atoms. The first-order chi connectivity index (χ1) is 12.6. The van der Waals surface area contributed by atoms with E-state index in [1.807, 2.05) is 6.07 Å². The lowest BCUT2D eigenvalue weighted by Gasteiger charge is -2.17. The number of anilines is 1. The van der Waals surface area contributed by atoms with Gasteiger partial charge in [0.25, 0.3) is 0 Å². The van der Waals surface area contributed by atoms with Gasteiger partial charge in [-0.2, -0.15) is 0 Å². The molecule has 3 aromatic heterocycles. The Hall–Kier alpha value is -2.42. The van der Waals surface area contributed by atoms with Gasteiger partial charge < -0.3 is 4.90 Å². The number of rotatable bonds is 5. The second-order valence-corrected chi connectivity index (χ2v) is 7.94. The van der Waals surface area contributed by atoms with E-state index in [-0.39, 0.29) is 0 Å². The fourth-order valence-corrected chi connectivity index (χ4v) is 4.26. The predicted molar refractivity (Wildman–Crippen MR) is 98.1 cm³/mol. The molecule has 7 nitrogen and oxygen atoms in total. The van der Waals surface area contributed by atoms with Crippen LogP contribution < -0.4 is 4.90 Å². The third-order valence-corrected chi connectivity index (χ3v) is 5.48. The van der Waals surface area contributed by atoms with Gasteiger partial charge >= 0.3 is 0 Å². The quantitative estimate of drug-likeness (QED) is 0.679. The van der Waals surface area contributed by atoms with E-state index in [1.54, 1.807) is 29.2 Å². The topological polar surface area (TPSA) is 76.3 Å². The van der Waals surface area contributed by atoms with Gasteiger partial charge in [0.2, 0.25) is 0 Å². The molecule has 0 aromatic carbocycles. The van der Waals surface area contributed by atoms with Crippen LogP contribution in [0.4, 0.5) is 10.2 Å². The normalized spacial score (nSPS) is 18.5. The van der Waals surface area contributed by atoms with Gasteiger partial charge in [-0.25, -0.2) is 19.3 Å². The van der Waals surface area contributed by atoms with Crippen molar-refractivity contribution in [2.45, 2.75) is 13.1 Å². The fraction of sp³-hybridized carbons (Fsp3) is 0.412. The Kier molecular flexibility index (Phi) is 4.62. The maximum Gasteiger partial charge on any atom is 0.180 e. The molecule has 0 saturated carbocycles. The SMILES string of the molecule is CS(=O)CC1CCN(c2ccnc(-c3cnc4cnc(CF)cn34)n2)C1. The Morgan fingerprint density at radius 3 is 3.00 bits per heavy atom. The van der Waals surface area contributed by atoms with Gasteiger partial charge in [0.1, 0.15) is 18.2 Å². The Labute approximate surface area is 152 Å². The number of hydrogen-bond acceptors (Lipinski definition) is 6. The molecule has 9 heteroatoms. The molecule has 4 rings (SSSR count). The fourth-order valence-electron chi connectivity index (χ4n) is 3.32. The summed E-state index contributed by atoms with van der Waals surface area (Å²) in [5.74, 6) is 2.52. The minimum atomic E-state index is -0.782. The van der Waals surface area contributed by atoms with Crippen LogP contribution in [-0.4, -0.2) is 53.6 Å². The summed E-state index contributed by atoms with van der Waals surface area (Å²) in [4.78, 5) is 19.5. The van der Waals surface area contributed by atoms with Gasteiger partial charge in [-0.05, 0) is 18.4 Å². The smallest absolute Gasteiger partial charge is 0.180 e. The molecule has 0 radical (unpaired) electrons. The van der Waals surface area contributed by atoms with Crippen molar-refractivity contribution >= 4 is 22.3 Å². The summed E-state index contributed by atoms with van der Waals surface area (Å²) in [6.45, 7) is 1.10. The Balaban J connectivity index is 1.63. The summed E-state index contributed by atoms with van der Waals surface area (Å²) in [6.07, 6.45) is 9.32. The molecule has 4 heterocycles. The lowest BCUT2D eigenvalue weighted by Crippen LogP contribution is -2.22. The van der Waals surface area contributed by atoms with E-state index in [1.165, 1.54) is 6.20 Å². The molecule has 0 amide bonds. The van der Waals surface area contributed by atoms with Gasteiger partial charge in [0, 0.05) is 48.3 Å². The van der Waals surface area contributed by atoms with Gasteiger partial charge in [0.15, 0.2) is 11.5 Å². The van der Waals surface area contributed by atoms with Crippen LogP contribution in [0.25, 0.3) is 17.2 Å². The minimum Gasteiger partial charge on any atom is -0.356 e. The van der Waals surface area contributed by atoms with Crippen LogP contribution in [0.15, 0.2) is 30.9 Å². The standard InChI is InChI=1S/C17H19FN6OS/c1-26(25)11-12-3-5-23(9-12)15-2-4-19-17(22-15)14-7-21-16-8-20-13(6-18)10-24(14)16/h2,4,7-8,10,12H,3,5-6,9,11H2,1H3. The summed E-state index contributed by atoms with van der Waals surface area (Å²) < 4.78 is 26.1. The maximum absolute atomic E-state index is 12.9. The molecule has 0 N–H and O–H groups in total. The molecule has 0 aliphatic carbocycles. The largest absolute Gasteiger partial charge is 0.356 e. The zero-order valence-electron chi connectivity index (χ0n) is 14.4. The zero-order valence-corrected chi connectivity index (χ0v) is 15.2.